The fourth-order valence-corrected chi connectivity index (χ4v) is 5.38. The second-order valence-electron chi connectivity index (χ2n) is 10.4. The normalized spacial score (nSPS) is 22.8. The van der Waals surface area contributed by atoms with Crippen LogP contribution in [0.3, 0.4) is 0 Å². The lowest BCUT2D eigenvalue weighted by Crippen LogP contribution is -2.62. The lowest BCUT2D eigenvalue weighted by atomic mass is 9.96. The number of carbonyl (C=O) groups is 1. The molecular formula is C33H40N2O6. The zero-order valence-corrected chi connectivity index (χ0v) is 23.7. The number of amides is 2. The third-order valence-corrected chi connectivity index (χ3v) is 7.61. The van der Waals surface area contributed by atoms with Crippen molar-refractivity contribution in [3.63, 3.8) is 0 Å². The summed E-state index contributed by atoms with van der Waals surface area (Å²) in [5.74, 6) is 0. The van der Waals surface area contributed by atoms with Gasteiger partial charge in [-0.1, -0.05) is 91.0 Å². The highest BCUT2D eigenvalue weighted by atomic mass is 16.6. The van der Waals surface area contributed by atoms with Gasteiger partial charge in [0, 0.05) is 26.7 Å². The van der Waals surface area contributed by atoms with Gasteiger partial charge < -0.3 is 33.5 Å². The third kappa shape index (κ3) is 7.93. The highest BCUT2D eigenvalue weighted by Crippen LogP contribution is 2.29. The second-order valence-corrected chi connectivity index (χ2v) is 10.4. The molecule has 0 radical (unpaired) electrons. The van der Waals surface area contributed by atoms with Crippen LogP contribution in [0.2, 0.25) is 0 Å². The minimum Gasteiger partial charge on any atom is -0.383 e. The molecule has 218 valence electrons. The summed E-state index contributed by atoms with van der Waals surface area (Å²) >= 11 is 0. The fourth-order valence-electron chi connectivity index (χ4n) is 5.38. The van der Waals surface area contributed by atoms with Gasteiger partial charge in [-0.2, -0.15) is 0 Å². The molecule has 2 fully saturated rings. The van der Waals surface area contributed by atoms with Crippen LogP contribution in [0.15, 0.2) is 91.0 Å². The Balaban J connectivity index is 1.36. The van der Waals surface area contributed by atoms with E-state index in [-0.39, 0.29) is 18.2 Å². The Morgan fingerprint density at radius 1 is 0.756 bits per heavy atom. The number of rotatable bonds is 14. The van der Waals surface area contributed by atoms with Crippen molar-refractivity contribution in [2.24, 2.45) is 0 Å². The fraction of sp³-hybridized carbons (Fsp3) is 0.424. The summed E-state index contributed by atoms with van der Waals surface area (Å²) in [4.78, 5) is 17.2. The van der Waals surface area contributed by atoms with E-state index in [9.17, 15) is 4.79 Å². The minimum atomic E-state index is -0.450. The van der Waals surface area contributed by atoms with Crippen molar-refractivity contribution in [2.75, 3.05) is 46.6 Å². The summed E-state index contributed by atoms with van der Waals surface area (Å²) in [5.41, 5.74) is 3.22. The van der Waals surface area contributed by atoms with Crippen molar-refractivity contribution >= 4 is 6.03 Å². The maximum absolute atomic E-state index is 13.4. The molecule has 0 unspecified atom stereocenters. The smallest absolute Gasteiger partial charge is 0.320 e. The van der Waals surface area contributed by atoms with Crippen molar-refractivity contribution in [3.8, 4) is 0 Å². The Kier molecular flexibility index (Phi) is 10.8. The van der Waals surface area contributed by atoms with Crippen molar-refractivity contribution < 1.29 is 28.5 Å². The summed E-state index contributed by atoms with van der Waals surface area (Å²) in [6.45, 7) is 4.26. The van der Waals surface area contributed by atoms with Crippen LogP contribution in [-0.2, 0) is 43.5 Å². The Hall–Kier alpha value is -3.27. The Morgan fingerprint density at radius 3 is 1.90 bits per heavy atom. The van der Waals surface area contributed by atoms with Crippen LogP contribution in [0.1, 0.15) is 16.7 Å². The topological polar surface area (TPSA) is 69.7 Å². The summed E-state index contributed by atoms with van der Waals surface area (Å²) in [6, 6.07) is 29.9. The number of urea groups is 1. The van der Waals surface area contributed by atoms with Gasteiger partial charge in [0.05, 0.1) is 45.7 Å². The monoisotopic (exact) mass is 560 g/mol. The highest BCUT2D eigenvalue weighted by molar-refractivity contribution is 5.77. The zero-order valence-electron chi connectivity index (χ0n) is 23.7. The molecule has 4 atom stereocenters. The van der Waals surface area contributed by atoms with Crippen LogP contribution < -0.4 is 0 Å². The van der Waals surface area contributed by atoms with Crippen LogP contribution in [0.5, 0.6) is 0 Å². The average Bonchev–Trinajstić information content (AvgIpc) is 3.39. The molecule has 0 spiro atoms. The average molecular weight is 561 g/mol. The van der Waals surface area contributed by atoms with Crippen LogP contribution in [0, 0.1) is 0 Å². The van der Waals surface area contributed by atoms with Gasteiger partial charge >= 0.3 is 6.03 Å². The largest absolute Gasteiger partial charge is 0.383 e. The number of carbonyl (C=O) groups excluding carboxylic acids is 1. The molecule has 2 heterocycles. The molecule has 8 nitrogen and oxygen atoms in total. The van der Waals surface area contributed by atoms with E-state index in [1.165, 1.54) is 0 Å². The molecule has 0 aromatic heterocycles. The number of hydrogen-bond acceptors (Lipinski definition) is 6. The molecule has 3 aromatic carbocycles. The van der Waals surface area contributed by atoms with E-state index in [4.69, 9.17) is 23.7 Å². The van der Waals surface area contributed by atoms with Gasteiger partial charge in [0.25, 0.3) is 0 Å². The molecule has 2 saturated heterocycles. The zero-order chi connectivity index (χ0) is 28.3. The van der Waals surface area contributed by atoms with Crippen molar-refractivity contribution in [2.45, 2.75) is 44.2 Å². The molecule has 5 rings (SSSR count). The third-order valence-electron chi connectivity index (χ3n) is 7.61. The molecule has 8 heteroatoms. The molecular weight excluding hydrogens is 520 g/mol. The number of nitrogens with zero attached hydrogens (tertiary/aromatic N) is 2. The number of benzene rings is 3. The van der Waals surface area contributed by atoms with Gasteiger partial charge in [-0.25, -0.2) is 4.79 Å². The van der Waals surface area contributed by atoms with E-state index in [1.54, 1.807) is 7.11 Å². The van der Waals surface area contributed by atoms with Crippen LogP contribution >= 0.6 is 0 Å². The van der Waals surface area contributed by atoms with Gasteiger partial charge in [-0.15, -0.1) is 0 Å². The Labute approximate surface area is 242 Å². The second kappa shape index (κ2) is 15.1. The summed E-state index contributed by atoms with van der Waals surface area (Å²) < 4.78 is 31.0. The van der Waals surface area contributed by atoms with Crippen molar-refractivity contribution in [3.05, 3.63) is 108 Å². The van der Waals surface area contributed by atoms with Gasteiger partial charge in [0.1, 0.15) is 18.3 Å². The quantitative estimate of drug-likeness (QED) is 0.289. The maximum atomic E-state index is 13.4. The standard InChI is InChI=1S/C33H40N2O6/c1-37-20-19-34-17-18-35(33(34)36)29-24-39-30(25-38-21-26-11-5-2-6-12-26)32(41-23-28-15-9-4-10-16-28)31(29)40-22-27-13-7-3-8-14-27/h2-16,29-32H,17-25H2,1H3/t29-,30+,31+,32-/m0/s1. The summed E-state index contributed by atoms with van der Waals surface area (Å²) in [5, 5.41) is 0. The van der Waals surface area contributed by atoms with Crippen molar-refractivity contribution in [1.29, 1.82) is 0 Å². The van der Waals surface area contributed by atoms with Gasteiger partial charge in [-0.05, 0) is 16.7 Å². The molecule has 0 saturated carbocycles. The van der Waals surface area contributed by atoms with E-state index in [2.05, 4.69) is 0 Å². The predicted octanol–water partition coefficient (Wildman–Crippen LogP) is 4.53. The lowest BCUT2D eigenvalue weighted by Gasteiger charge is -2.45. The molecule has 0 bridgehead atoms. The number of hydrogen-bond donors (Lipinski definition) is 0. The van der Waals surface area contributed by atoms with Crippen LogP contribution in [0.4, 0.5) is 4.79 Å². The molecule has 3 aromatic rings. The number of ether oxygens (including phenoxy) is 5. The van der Waals surface area contributed by atoms with Gasteiger partial charge in [0.15, 0.2) is 0 Å². The van der Waals surface area contributed by atoms with Crippen molar-refractivity contribution in [1.82, 2.24) is 9.80 Å². The minimum absolute atomic E-state index is 0.0236. The van der Waals surface area contributed by atoms with E-state index in [0.717, 1.165) is 16.7 Å². The van der Waals surface area contributed by atoms with Crippen LogP contribution in [-0.4, -0.2) is 86.7 Å². The SMILES string of the molecule is COCCN1CCN([C@H]2CO[C@H](COCc3ccccc3)[C@H](OCc3ccccc3)[C@@H]2OCc2ccccc2)C1=O. The summed E-state index contributed by atoms with van der Waals surface area (Å²) in [7, 11) is 1.65. The number of methoxy groups -OCH3 is 1. The molecule has 2 aliphatic rings. The maximum Gasteiger partial charge on any atom is 0.320 e. The first-order valence-corrected chi connectivity index (χ1v) is 14.3. The molecule has 41 heavy (non-hydrogen) atoms. The Morgan fingerprint density at radius 2 is 1.32 bits per heavy atom. The molecule has 0 aliphatic carbocycles. The lowest BCUT2D eigenvalue weighted by molar-refractivity contribution is -0.218. The Bertz CT molecular complexity index is 1180. The van der Waals surface area contributed by atoms with E-state index in [0.29, 0.717) is 59.3 Å². The van der Waals surface area contributed by atoms with Crippen LogP contribution in [0.25, 0.3) is 0 Å². The highest BCUT2D eigenvalue weighted by Gasteiger charge is 2.48. The van der Waals surface area contributed by atoms with E-state index < -0.39 is 12.2 Å². The van der Waals surface area contributed by atoms with Gasteiger partial charge in [-0.3, -0.25) is 0 Å². The molecule has 2 amide bonds. The molecule has 2 aliphatic heterocycles. The summed E-state index contributed by atoms with van der Waals surface area (Å²) in [6.07, 6.45) is -1.22. The molecule has 0 N–H and O–H groups in total. The first-order valence-electron chi connectivity index (χ1n) is 14.3. The van der Waals surface area contributed by atoms with E-state index >= 15 is 0 Å². The first kappa shape index (κ1) is 29.2. The van der Waals surface area contributed by atoms with Gasteiger partial charge in [0.2, 0.25) is 0 Å². The van der Waals surface area contributed by atoms with E-state index in [1.807, 2.05) is 101 Å². The first-order chi connectivity index (χ1) is 20.2. The predicted molar refractivity (Wildman–Crippen MR) is 155 cm³/mol.